The average Bonchev–Trinajstić information content (AvgIpc) is 3.20. The van der Waals surface area contributed by atoms with Crippen molar-refractivity contribution in [2.24, 2.45) is 23.5 Å². The van der Waals surface area contributed by atoms with Crippen LogP contribution >= 0.6 is 12.4 Å². The fourth-order valence-corrected chi connectivity index (χ4v) is 4.12. The van der Waals surface area contributed by atoms with Crippen molar-refractivity contribution in [3.05, 3.63) is 29.3 Å². The number of amides is 1. The predicted octanol–water partition coefficient (Wildman–Crippen LogP) is 1.99. The van der Waals surface area contributed by atoms with Gasteiger partial charge in [-0.15, -0.1) is 12.4 Å². The molecule has 4 atom stereocenters. The Morgan fingerprint density at radius 3 is 2.00 bits per heavy atom. The second-order valence-electron chi connectivity index (χ2n) is 6.71. The first-order chi connectivity index (χ1) is 11.9. The third-order valence-corrected chi connectivity index (χ3v) is 5.33. The summed E-state index contributed by atoms with van der Waals surface area (Å²) in [6.07, 6.45) is 3.10. The number of hydrogen-bond acceptors (Lipinski definition) is 6. The van der Waals surface area contributed by atoms with E-state index in [1.807, 2.05) is 0 Å². The lowest BCUT2D eigenvalue weighted by molar-refractivity contribution is -0.121. The van der Waals surface area contributed by atoms with Gasteiger partial charge in [0, 0.05) is 11.7 Å². The van der Waals surface area contributed by atoms with Crippen LogP contribution in [0.3, 0.4) is 0 Å². The zero-order chi connectivity index (χ0) is 18.1. The van der Waals surface area contributed by atoms with Gasteiger partial charge >= 0.3 is 11.9 Å². The fourth-order valence-electron chi connectivity index (χ4n) is 4.12. The molecule has 1 aromatic rings. The summed E-state index contributed by atoms with van der Waals surface area (Å²) in [5.74, 6) is -0.882. The van der Waals surface area contributed by atoms with Crippen LogP contribution in [0.4, 0.5) is 5.69 Å². The molecule has 0 spiro atoms. The average molecular weight is 383 g/mol. The summed E-state index contributed by atoms with van der Waals surface area (Å²) in [5, 5.41) is 2.80. The van der Waals surface area contributed by atoms with E-state index in [1.165, 1.54) is 32.4 Å². The van der Waals surface area contributed by atoms with E-state index in [9.17, 15) is 14.4 Å². The molecule has 2 aliphatic rings. The van der Waals surface area contributed by atoms with E-state index in [-0.39, 0.29) is 41.4 Å². The quantitative estimate of drug-likeness (QED) is 0.771. The van der Waals surface area contributed by atoms with E-state index in [0.29, 0.717) is 17.5 Å². The van der Waals surface area contributed by atoms with Gasteiger partial charge in [-0.25, -0.2) is 9.59 Å². The molecule has 0 saturated heterocycles. The number of carbonyl (C=O) groups is 3. The Morgan fingerprint density at radius 1 is 1.00 bits per heavy atom. The van der Waals surface area contributed by atoms with E-state index >= 15 is 0 Å². The first-order valence-corrected chi connectivity index (χ1v) is 8.32. The number of nitrogens with two attached hydrogens (primary N) is 1. The Morgan fingerprint density at radius 2 is 1.54 bits per heavy atom. The highest BCUT2D eigenvalue weighted by Crippen LogP contribution is 2.47. The number of benzene rings is 1. The van der Waals surface area contributed by atoms with Gasteiger partial charge in [-0.1, -0.05) is 0 Å². The highest BCUT2D eigenvalue weighted by atomic mass is 35.5. The SMILES string of the molecule is COC(=O)c1cc(NC(=O)C2C3CCC(C3)C2N)cc(C(=O)OC)c1.Cl. The van der Waals surface area contributed by atoms with E-state index in [1.54, 1.807) is 0 Å². The molecule has 0 aromatic heterocycles. The minimum Gasteiger partial charge on any atom is -0.465 e. The number of halogens is 1. The summed E-state index contributed by atoms with van der Waals surface area (Å²) in [5.41, 5.74) is 6.89. The predicted molar refractivity (Wildman–Crippen MR) is 97.3 cm³/mol. The highest BCUT2D eigenvalue weighted by Gasteiger charge is 2.49. The first kappa shape index (κ1) is 20.2. The molecule has 3 N–H and O–H groups in total. The number of hydrogen-bond donors (Lipinski definition) is 2. The number of fused-ring (bicyclic) bond motifs is 2. The van der Waals surface area contributed by atoms with E-state index in [0.717, 1.165) is 19.3 Å². The summed E-state index contributed by atoms with van der Waals surface area (Å²) in [7, 11) is 2.50. The first-order valence-electron chi connectivity index (χ1n) is 8.32. The molecule has 26 heavy (non-hydrogen) atoms. The maximum absolute atomic E-state index is 12.7. The van der Waals surface area contributed by atoms with Crippen LogP contribution in [0, 0.1) is 17.8 Å². The van der Waals surface area contributed by atoms with Crippen molar-refractivity contribution in [2.45, 2.75) is 25.3 Å². The van der Waals surface area contributed by atoms with E-state index in [2.05, 4.69) is 5.32 Å². The van der Waals surface area contributed by atoms with Gasteiger partial charge in [-0.3, -0.25) is 4.79 Å². The zero-order valence-electron chi connectivity index (χ0n) is 14.7. The van der Waals surface area contributed by atoms with E-state index < -0.39 is 11.9 Å². The van der Waals surface area contributed by atoms with Gasteiger partial charge in [0.2, 0.25) is 5.91 Å². The number of carbonyl (C=O) groups excluding carboxylic acids is 3. The summed E-state index contributed by atoms with van der Waals surface area (Å²) in [6.45, 7) is 0. The van der Waals surface area contributed by atoms with Crippen molar-refractivity contribution in [1.29, 1.82) is 0 Å². The van der Waals surface area contributed by atoms with Crippen molar-refractivity contribution in [1.82, 2.24) is 0 Å². The molecule has 2 bridgehead atoms. The lowest BCUT2D eigenvalue weighted by Gasteiger charge is -2.27. The smallest absolute Gasteiger partial charge is 0.337 e. The molecule has 2 saturated carbocycles. The van der Waals surface area contributed by atoms with Crippen LogP contribution in [0.1, 0.15) is 40.0 Å². The lowest BCUT2D eigenvalue weighted by atomic mass is 9.84. The van der Waals surface area contributed by atoms with Crippen LogP contribution in [0.25, 0.3) is 0 Å². The van der Waals surface area contributed by atoms with Crippen LogP contribution < -0.4 is 11.1 Å². The van der Waals surface area contributed by atoms with Gasteiger partial charge in [0.15, 0.2) is 0 Å². The van der Waals surface area contributed by atoms with Gasteiger partial charge < -0.3 is 20.5 Å². The summed E-state index contributed by atoms with van der Waals surface area (Å²) < 4.78 is 9.40. The molecule has 1 aromatic carbocycles. The molecule has 3 rings (SSSR count). The Kier molecular flexibility index (Phi) is 6.26. The highest BCUT2D eigenvalue weighted by molar-refractivity contribution is 6.00. The molecule has 1 amide bonds. The third-order valence-electron chi connectivity index (χ3n) is 5.33. The molecule has 4 unspecified atom stereocenters. The van der Waals surface area contributed by atoms with E-state index in [4.69, 9.17) is 15.2 Å². The molecule has 7 nitrogen and oxygen atoms in total. The summed E-state index contributed by atoms with van der Waals surface area (Å²) in [4.78, 5) is 36.3. The Balaban J connectivity index is 0.00000243. The summed E-state index contributed by atoms with van der Waals surface area (Å²) in [6, 6.07) is 4.20. The Hall–Kier alpha value is -2.12. The topological polar surface area (TPSA) is 108 Å². The molecular weight excluding hydrogens is 360 g/mol. The van der Waals surface area contributed by atoms with Crippen LogP contribution in [-0.4, -0.2) is 38.1 Å². The van der Waals surface area contributed by atoms with Gasteiger partial charge in [-0.2, -0.15) is 0 Å². The maximum atomic E-state index is 12.7. The number of rotatable bonds is 4. The molecular formula is C18H23ClN2O5. The van der Waals surface area contributed by atoms with Gasteiger partial charge in [0.25, 0.3) is 0 Å². The van der Waals surface area contributed by atoms with Gasteiger partial charge in [0.05, 0.1) is 31.3 Å². The van der Waals surface area contributed by atoms with Crippen LogP contribution in [0.5, 0.6) is 0 Å². The molecule has 0 radical (unpaired) electrons. The van der Waals surface area contributed by atoms with Crippen molar-refractivity contribution in [2.75, 3.05) is 19.5 Å². The minimum absolute atomic E-state index is 0. The monoisotopic (exact) mass is 382 g/mol. The minimum atomic E-state index is -0.599. The normalized spacial score (nSPS) is 26.0. The zero-order valence-corrected chi connectivity index (χ0v) is 15.5. The van der Waals surface area contributed by atoms with Crippen molar-refractivity contribution < 1.29 is 23.9 Å². The number of esters is 2. The summed E-state index contributed by atoms with van der Waals surface area (Å²) >= 11 is 0. The van der Waals surface area contributed by atoms with Crippen molar-refractivity contribution in [3.63, 3.8) is 0 Å². The molecule has 142 valence electrons. The second-order valence-corrected chi connectivity index (χ2v) is 6.71. The molecule has 8 heteroatoms. The van der Waals surface area contributed by atoms with Gasteiger partial charge in [-0.05, 0) is 49.3 Å². The number of methoxy groups -OCH3 is 2. The lowest BCUT2D eigenvalue weighted by Crippen LogP contribution is -2.42. The Bertz CT molecular complexity index is 687. The largest absolute Gasteiger partial charge is 0.465 e. The van der Waals surface area contributed by atoms with Crippen LogP contribution in [0.2, 0.25) is 0 Å². The molecule has 0 heterocycles. The Labute approximate surface area is 158 Å². The number of nitrogens with one attached hydrogen (secondary N) is 1. The van der Waals surface area contributed by atoms with Crippen molar-refractivity contribution >= 4 is 35.9 Å². The van der Waals surface area contributed by atoms with Gasteiger partial charge in [0.1, 0.15) is 0 Å². The molecule has 2 aliphatic carbocycles. The molecule has 2 fully saturated rings. The molecule has 0 aliphatic heterocycles. The fraction of sp³-hybridized carbons (Fsp3) is 0.500. The van der Waals surface area contributed by atoms with Crippen molar-refractivity contribution in [3.8, 4) is 0 Å². The standard InChI is InChI=1S/C18H22N2O5.ClH/c1-24-17(22)11-6-12(18(23)25-2)8-13(7-11)20-16(21)14-9-3-4-10(5-9)15(14)19;/h6-10,14-15H,3-5,19H2,1-2H3,(H,20,21);1H. The third kappa shape index (κ3) is 3.68. The second kappa shape index (κ2) is 8.05. The number of ether oxygens (including phenoxy) is 2. The van der Waals surface area contributed by atoms with Crippen LogP contribution in [0.15, 0.2) is 18.2 Å². The van der Waals surface area contributed by atoms with Crippen LogP contribution in [-0.2, 0) is 14.3 Å². The maximum Gasteiger partial charge on any atom is 0.337 e. The number of anilines is 1.